The van der Waals surface area contributed by atoms with Gasteiger partial charge in [-0.2, -0.15) is 0 Å². The number of rotatable bonds is 6. The maximum atomic E-state index is 10.4. The van der Waals surface area contributed by atoms with E-state index in [1.54, 1.807) is 0 Å². The van der Waals surface area contributed by atoms with Crippen LogP contribution in [0.15, 0.2) is 24.3 Å². The van der Waals surface area contributed by atoms with Crippen molar-refractivity contribution in [1.29, 1.82) is 0 Å². The monoisotopic (exact) mass is 248 g/mol. The van der Waals surface area contributed by atoms with Gasteiger partial charge in [0.15, 0.2) is 0 Å². The number of carboxylic acids is 1. The summed E-state index contributed by atoms with van der Waals surface area (Å²) in [6.45, 7) is 3.57. The number of nitrogens with zero attached hydrogens (tertiary/aromatic N) is 1. The summed E-state index contributed by atoms with van der Waals surface area (Å²) in [5.74, 6) is -0.758. The molecule has 0 unspecified atom stereocenters. The SMILES string of the molecule is O=C(O)CCNCc1ccc(N2CCCC2)cc1. The summed E-state index contributed by atoms with van der Waals surface area (Å²) >= 11 is 0. The molecule has 1 aliphatic rings. The summed E-state index contributed by atoms with van der Waals surface area (Å²) in [4.78, 5) is 12.8. The predicted molar refractivity (Wildman–Crippen MR) is 71.8 cm³/mol. The average molecular weight is 248 g/mol. The van der Waals surface area contributed by atoms with Crippen molar-refractivity contribution in [2.45, 2.75) is 25.8 Å². The highest BCUT2D eigenvalue weighted by molar-refractivity contribution is 5.66. The van der Waals surface area contributed by atoms with Gasteiger partial charge in [0, 0.05) is 31.9 Å². The van der Waals surface area contributed by atoms with Crippen molar-refractivity contribution < 1.29 is 9.90 Å². The Labute approximate surface area is 108 Å². The first kappa shape index (κ1) is 12.9. The molecule has 0 atom stereocenters. The molecule has 0 aliphatic carbocycles. The van der Waals surface area contributed by atoms with E-state index in [1.807, 2.05) is 0 Å². The molecule has 0 amide bonds. The molecule has 0 radical (unpaired) electrons. The van der Waals surface area contributed by atoms with Crippen molar-refractivity contribution in [1.82, 2.24) is 5.32 Å². The van der Waals surface area contributed by atoms with Gasteiger partial charge in [0.2, 0.25) is 0 Å². The van der Waals surface area contributed by atoms with Crippen molar-refractivity contribution >= 4 is 11.7 Å². The third kappa shape index (κ3) is 3.74. The van der Waals surface area contributed by atoms with Gasteiger partial charge in [0.05, 0.1) is 6.42 Å². The van der Waals surface area contributed by atoms with Crippen molar-refractivity contribution in [3.8, 4) is 0 Å². The van der Waals surface area contributed by atoms with E-state index in [4.69, 9.17) is 5.11 Å². The predicted octanol–water partition coefficient (Wildman–Crippen LogP) is 1.85. The standard InChI is InChI=1S/C14H20N2O2/c17-14(18)7-8-15-11-12-3-5-13(6-4-12)16-9-1-2-10-16/h3-6,15H,1-2,7-11H2,(H,17,18). The lowest BCUT2D eigenvalue weighted by atomic mass is 10.2. The Kier molecular flexibility index (Phi) is 4.59. The molecule has 1 aromatic carbocycles. The number of hydrogen-bond acceptors (Lipinski definition) is 3. The van der Waals surface area contributed by atoms with Crippen molar-refractivity contribution in [2.24, 2.45) is 0 Å². The molecule has 1 saturated heterocycles. The maximum absolute atomic E-state index is 10.4. The summed E-state index contributed by atoms with van der Waals surface area (Å²) in [7, 11) is 0. The molecular weight excluding hydrogens is 228 g/mol. The van der Waals surface area contributed by atoms with E-state index < -0.39 is 5.97 Å². The Morgan fingerprint density at radius 2 is 1.89 bits per heavy atom. The van der Waals surface area contributed by atoms with Gasteiger partial charge in [0.25, 0.3) is 0 Å². The molecule has 2 N–H and O–H groups in total. The van der Waals surface area contributed by atoms with Crippen LogP contribution < -0.4 is 10.2 Å². The minimum Gasteiger partial charge on any atom is -0.481 e. The molecule has 0 spiro atoms. The molecule has 1 aliphatic heterocycles. The van der Waals surface area contributed by atoms with E-state index in [0.29, 0.717) is 6.54 Å². The van der Waals surface area contributed by atoms with Crippen molar-refractivity contribution in [3.63, 3.8) is 0 Å². The lowest BCUT2D eigenvalue weighted by Crippen LogP contribution is -2.19. The highest BCUT2D eigenvalue weighted by atomic mass is 16.4. The number of benzene rings is 1. The minimum atomic E-state index is -0.758. The Morgan fingerprint density at radius 3 is 2.50 bits per heavy atom. The van der Waals surface area contributed by atoms with Crippen LogP contribution in [-0.4, -0.2) is 30.7 Å². The van der Waals surface area contributed by atoms with Crippen LogP contribution in [0.5, 0.6) is 0 Å². The van der Waals surface area contributed by atoms with E-state index in [1.165, 1.54) is 24.1 Å². The Morgan fingerprint density at radius 1 is 1.22 bits per heavy atom. The maximum Gasteiger partial charge on any atom is 0.304 e. The molecule has 2 rings (SSSR count). The quantitative estimate of drug-likeness (QED) is 0.754. The second kappa shape index (κ2) is 6.40. The van der Waals surface area contributed by atoms with Crippen LogP contribution in [0.2, 0.25) is 0 Å². The summed E-state index contributed by atoms with van der Waals surface area (Å²) in [5.41, 5.74) is 2.49. The molecule has 98 valence electrons. The number of anilines is 1. The van der Waals surface area contributed by atoms with Gasteiger partial charge in [-0.3, -0.25) is 4.79 Å². The highest BCUT2D eigenvalue weighted by Gasteiger charge is 2.11. The number of hydrogen-bond donors (Lipinski definition) is 2. The molecule has 1 heterocycles. The van der Waals surface area contributed by atoms with Crippen molar-refractivity contribution in [3.05, 3.63) is 29.8 Å². The van der Waals surface area contributed by atoms with E-state index >= 15 is 0 Å². The van der Waals surface area contributed by atoms with E-state index in [0.717, 1.165) is 19.6 Å². The van der Waals surface area contributed by atoms with Crippen LogP contribution in [0.25, 0.3) is 0 Å². The van der Waals surface area contributed by atoms with E-state index in [9.17, 15) is 4.79 Å². The second-order valence-corrected chi connectivity index (χ2v) is 4.68. The highest BCUT2D eigenvalue weighted by Crippen LogP contribution is 2.20. The fourth-order valence-electron chi connectivity index (χ4n) is 2.23. The average Bonchev–Trinajstić information content (AvgIpc) is 2.89. The molecule has 0 bridgehead atoms. The number of carboxylic acid groups (broad SMARTS) is 1. The third-order valence-electron chi connectivity index (χ3n) is 3.25. The van der Waals surface area contributed by atoms with Crippen LogP contribution in [0.4, 0.5) is 5.69 Å². The van der Waals surface area contributed by atoms with Crippen LogP contribution in [0, 0.1) is 0 Å². The van der Waals surface area contributed by atoms with E-state index in [2.05, 4.69) is 34.5 Å². The zero-order valence-corrected chi connectivity index (χ0v) is 10.6. The molecule has 0 aromatic heterocycles. The van der Waals surface area contributed by atoms with Gasteiger partial charge in [-0.25, -0.2) is 0 Å². The van der Waals surface area contributed by atoms with E-state index in [-0.39, 0.29) is 6.42 Å². The second-order valence-electron chi connectivity index (χ2n) is 4.68. The summed E-state index contributed by atoms with van der Waals surface area (Å²) < 4.78 is 0. The number of nitrogens with one attached hydrogen (secondary N) is 1. The molecular formula is C14H20N2O2. The lowest BCUT2D eigenvalue weighted by Gasteiger charge is -2.17. The molecule has 1 fully saturated rings. The number of aliphatic carboxylic acids is 1. The first-order valence-corrected chi connectivity index (χ1v) is 6.52. The van der Waals surface area contributed by atoms with Crippen molar-refractivity contribution in [2.75, 3.05) is 24.5 Å². The molecule has 4 nitrogen and oxygen atoms in total. The number of carbonyl (C=O) groups is 1. The normalized spacial score (nSPS) is 15.0. The lowest BCUT2D eigenvalue weighted by molar-refractivity contribution is -0.136. The largest absolute Gasteiger partial charge is 0.481 e. The molecule has 18 heavy (non-hydrogen) atoms. The van der Waals surface area contributed by atoms with Crippen LogP contribution in [0.3, 0.4) is 0 Å². The van der Waals surface area contributed by atoms with Crippen LogP contribution in [-0.2, 0) is 11.3 Å². The van der Waals surface area contributed by atoms with Gasteiger partial charge in [-0.1, -0.05) is 12.1 Å². The fourth-order valence-corrected chi connectivity index (χ4v) is 2.23. The topological polar surface area (TPSA) is 52.6 Å². The third-order valence-corrected chi connectivity index (χ3v) is 3.25. The Bertz CT molecular complexity index is 383. The molecule has 1 aromatic rings. The summed E-state index contributed by atoms with van der Waals surface area (Å²) in [6.07, 6.45) is 2.75. The van der Waals surface area contributed by atoms with Gasteiger partial charge in [-0.15, -0.1) is 0 Å². The Hall–Kier alpha value is -1.55. The first-order chi connectivity index (χ1) is 8.75. The Balaban J connectivity index is 1.78. The van der Waals surface area contributed by atoms with Gasteiger partial charge in [-0.05, 0) is 30.5 Å². The molecule has 4 heteroatoms. The van der Waals surface area contributed by atoms with Crippen LogP contribution in [0.1, 0.15) is 24.8 Å². The summed E-state index contributed by atoms with van der Waals surface area (Å²) in [5, 5.41) is 11.7. The zero-order valence-electron chi connectivity index (χ0n) is 10.6. The zero-order chi connectivity index (χ0) is 12.8. The minimum absolute atomic E-state index is 0.172. The molecule has 0 saturated carbocycles. The summed E-state index contributed by atoms with van der Waals surface area (Å²) in [6, 6.07) is 8.53. The smallest absolute Gasteiger partial charge is 0.304 e. The van der Waals surface area contributed by atoms with Gasteiger partial charge >= 0.3 is 5.97 Å². The van der Waals surface area contributed by atoms with Gasteiger partial charge in [0.1, 0.15) is 0 Å². The van der Waals surface area contributed by atoms with Crippen LogP contribution >= 0.6 is 0 Å². The fraction of sp³-hybridized carbons (Fsp3) is 0.500. The first-order valence-electron chi connectivity index (χ1n) is 6.52. The van der Waals surface area contributed by atoms with Gasteiger partial charge < -0.3 is 15.3 Å².